The highest BCUT2D eigenvalue weighted by atomic mass is 32.2. The summed E-state index contributed by atoms with van der Waals surface area (Å²) in [6, 6.07) is 1.48. The second-order valence-corrected chi connectivity index (χ2v) is 8.42. The number of thiazole rings is 1. The summed E-state index contributed by atoms with van der Waals surface area (Å²) in [4.78, 5) is 40.6. The van der Waals surface area contributed by atoms with Crippen LogP contribution in [-0.2, 0) is 15.3 Å². The number of aromatic nitrogens is 2. The molecule has 2 aromatic rings. The van der Waals surface area contributed by atoms with Crippen LogP contribution >= 0.6 is 23.1 Å². The molecule has 0 bridgehead atoms. The van der Waals surface area contributed by atoms with Crippen molar-refractivity contribution in [1.82, 2.24) is 14.7 Å². The van der Waals surface area contributed by atoms with Crippen molar-refractivity contribution < 1.29 is 14.7 Å². The average Bonchev–Trinajstić information content (AvgIpc) is 3.10. The van der Waals surface area contributed by atoms with Crippen LogP contribution in [0.15, 0.2) is 22.4 Å². The number of carbonyl (C=O) groups excluding carboxylic acids is 1. The molecule has 9 heteroatoms. The van der Waals surface area contributed by atoms with Gasteiger partial charge in [-0.15, -0.1) is 23.1 Å². The van der Waals surface area contributed by atoms with E-state index in [1.54, 1.807) is 11.6 Å². The quantitative estimate of drug-likeness (QED) is 0.745. The van der Waals surface area contributed by atoms with E-state index in [1.165, 1.54) is 33.6 Å². The molecule has 2 aromatic heterocycles. The minimum absolute atomic E-state index is 0.128. The van der Waals surface area contributed by atoms with Crippen molar-refractivity contribution in [3.63, 3.8) is 0 Å². The molecule has 7 nitrogen and oxygen atoms in total. The van der Waals surface area contributed by atoms with E-state index in [0.29, 0.717) is 29.2 Å². The molecule has 1 saturated carbocycles. The van der Waals surface area contributed by atoms with Crippen LogP contribution in [-0.4, -0.2) is 38.7 Å². The highest BCUT2D eigenvalue weighted by molar-refractivity contribution is 7.99. The number of fused-ring (bicyclic) bond motifs is 1. The minimum atomic E-state index is -0.820. The van der Waals surface area contributed by atoms with E-state index in [9.17, 15) is 19.5 Å². The molecule has 0 unspecified atom stereocenters. The third-order valence-corrected chi connectivity index (χ3v) is 6.45. The Hall–Kier alpha value is -1.87. The van der Waals surface area contributed by atoms with Crippen molar-refractivity contribution in [2.75, 3.05) is 12.3 Å². The molecule has 2 heterocycles. The molecule has 0 radical (unpaired) electrons. The molecule has 0 aromatic carbocycles. The maximum atomic E-state index is 12.1. The Balaban J connectivity index is 1.49. The Morgan fingerprint density at radius 3 is 2.85 bits per heavy atom. The molecule has 0 atom stereocenters. The molecule has 1 fully saturated rings. The number of hydrogen-bond acceptors (Lipinski definition) is 6. The van der Waals surface area contributed by atoms with Crippen molar-refractivity contribution in [2.45, 2.75) is 37.9 Å². The molecular formula is C17H21N3O4S2. The van der Waals surface area contributed by atoms with E-state index >= 15 is 0 Å². The first-order chi connectivity index (χ1) is 12.5. The van der Waals surface area contributed by atoms with Gasteiger partial charge < -0.3 is 10.4 Å². The van der Waals surface area contributed by atoms with Crippen molar-refractivity contribution >= 4 is 39.9 Å². The molecule has 1 amide bonds. The first kappa shape index (κ1) is 18.9. The summed E-state index contributed by atoms with van der Waals surface area (Å²) >= 11 is 2.75. The van der Waals surface area contributed by atoms with Crippen LogP contribution < -0.4 is 10.9 Å². The first-order valence-electron chi connectivity index (χ1n) is 8.54. The van der Waals surface area contributed by atoms with Gasteiger partial charge in [0.1, 0.15) is 0 Å². The summed E-state index contributed by atoms with van der Waals surface area (Å²) < 4.78 is 1.49. The number of nitrogens with zero attached hydrogens (tertiary/aromatic N) is 2. The summed E-state index contributed by atoms with van der Waals surface area (Å²) in [6.45, 7) is 0.183. The van der Waals surface area contributed by atoms with Gasteiger partial charge in [-0.05, 0) is 12.8 Å². The smallest absolute Gasteiger partial charge is 0.311 e. The zero-order valence-electron chi connectivity index (χ0n) is 14.3. The molecule has 0 saturated heterocycles. The lowest BCUT2D eigenvalue weighted by molar-refractivity contribution is -0.151. The van der Waals surface area contributed by atoms with E-state index in [4.69, 9.17) is 0 Å². The maximum absolute atomic E-state index is 12.1. The number of amides is 1. The first-order valence-corrected chi connectivity index (χ1v) is 10.6. The molecule has 26 heavy (non-hydrogen) atoms. The SMILES string of the molecule is O=C(CSCc1cc(=O)n2ccsc2n1)NCC1(C(=O)O)CCCCC1. The lowest BCUT2D eigenvalue weighted by atomic mass is 9.74. The minimum Gasteiger partial charge on any atom is -0.481 e. The molecule has 2 N–H and O–H groups in total. The summed E-state index contributed by atoms with van der Waals surface area (Å²) in [7, 11) is 0. The Bertz CT molecular complexity index is 855. The molecule has 1 aliphatic carbocycles. The van der Waals surface area contributed by atoms with E-state index in [-0.39, 0.29) is 23.8 Å². The largest absolute Gasteiger partial charge is 0.481 e. The number of carboxylic acids is 1. The van der Waals surface area contributed by atoms with Crippen LogP contribution in [0.25, 0.3) is 4.96 Å². The number of aliphatic carboxylic acids is 1. The van der Waals surface area contributed by atoms with Gasteiger partial charge in [0, 0.05) is 29.9 Å². The second kappa shape index (κ2) is 8.22. The zero-order chi connectivity index (χ0) is 18.6. The van der Waals surface area contributed by atoms with Crippen molar-refractivity contribution in [3.05, 3.63) is 33.7 Å². The van der Waals surface area contributed by atoms with Crippen molar-refractivity contribution in [2.24, 2.45) is 5.41 Å². The predicted molar refractivity (Wildman–Crippen MR) is 102 cm³/mol. The third-order valence-electron chi connectivity index (χ3n) is 4.73. The van der Waals surface area contributed by atoms with Gasteiger partial charge >= 0.3 is 5.97 Å². The second-order valence-electron chi connectivity index (χ2n) is 6.56. The fourth-order valence-corrected chi connectivity index (χ4v) is 4.71. The van der Waals surface area contributed by atoms with Gasteiger partial charge in [0.05, 0.1) is 16.9 Å². The van der Waals surface area contributed by atoms with Crippen molar-refractivity contribution in [3.8, 4) is 0 Å². The normalized spacial score (nSPS) is 16.5. The molecule has 0 aliphatic heterocycles. The standard InChI is InChI=1S/C17H21N3O4S2/c21-13(18-11-17(15(23)24)4-2-1-3-5-17)10-25-9-12-8-14(22)20-6-7-26-16(20)19-12/h6-8H,1-5,9-11H2,(H,18,21)(H,23,24). The topological polar surface area (TPSA) is 101 Å². The lowest BCUT2D eigenvalue weighted by Gasteiger charge is -2.33. The van der Waals surface area contributed by atoms with Crippen LogP contribution in [0.2, 0.25) is 0 Å². The number of carboxylic acid groups (broad SMARTS) is 1. The van der Waals surface area contributed by atoms with Crippen LogP contribution in [0.5, 0.6) is 0 Å². The fourth-order valence-electron chi connectivity index (χ4n) is 3.22. The Morgan fingerprint density at radius 2 is 2.12 bits per heavy atom. The number of thioether (sulfide) groups is 1. The van der Waals surface area contributed by atoms with Gasteiger partial charge in [-0.2, -0.15) is 0 Å². The van der Waals surface area contributed by atoms with Gasteiger partial charge in [-0.25, -0.2) is 4.98 Å². The highest BCUT2D eigenvalue weighted by Gasteiger charge is 2.39. The number of carbonyl (C=O) groups is 2. The maximum Gasteiger partial charge on any atom is 0.311 e. The van der Waals surface area contributed by atoms with Gasteiger partial charge in [0.2, 0.25) is 5.91 Å². The third kappa shape index (κ3) is 4.27. The summed E-state index contributed by atoms with van der Waals surface area (Å²) in [5.41, 5.74) is -0.305. The number of rotatable bonds is 7. The van der Waals surface area contributed by atoms with Gasteiger partial charge in [0.25, 0.3) is 5.56 Å². The Morgan fingerprint density at radius 1 is 1.35 bits per heavy atom. The summed E-state index contributed by atoms with van der Waals surface area (Å²) in [6.07, 6.45) is 5.76. The van der Waals surface area contributed by atoms with Crippen LogP contribution in [0.1, 0.15) is 37.8 Å². The number of nitrogens with one attached hydrogen (secondary N) is 1. The zero-order valence-corrected chi connectivity index (χ0v) is 15.9. The predicted octanol–water partition coefficient (Wildman–Crippen LogP) is 2.14. The number of hydrogen-bond donors (Lipinski definition) is 2. The van der Waals surface area contributed by atoms with E-state index < -0.39 is 11.4 Å². The lowest BCUT2D eigenvalue weighted by Crippen LogP contribution is -2.44. The Kier molecular flexibility index (Phi) is 5.98. The van der Waals surface area contributed by atoms with Crippen molar-refractivity contribution in [1.29, 1.82) is 0 Å². The molecule has 140 valence electrons. The highest BCUT2D eigenvalue weighted by Crippen LogP contribution is 2.36. The molecule has 3 rings (SSSR count). The van der Waals surface area contributed by atoms with Gasteiger partial charge in [-0.3, -0.25) is 18.8 Å². The Labute approximate surface area is 158 Å². The van der Waals surface area contributed by atoms with Crippen LogP contribution in [0.4, 0.5) is 0 Å². The van der Waals surface area contributed by atoms with Crippen LogP contribution in [0, 0.1) is 5.41 Å². The summed E-state index contributed by atoms with van der Waals surface area (Å²) in [5.74, 6) is -0.336. The van der Waals surface area contributed by atoms with E-state index in [1.807, 2.05) is 0 Å². The fraction of sp³-hybridized carbons (Fsp3) is 0.529. The molecule has 0 spiro atoms. The molecule has 1 aliphatic rings. The van der Waals surface area contributed by atoms with Gasteiger partial charge in [-0.1, -0.05) is 19.3 Å². The van der Waals surface area contributed by atoms with Crippen LogP contribution in [0.3, 0.4) is 0 Å². The molecular weight excluding hydrogens is 374 g/mol. The monoisotopic (exact) mass is 395 g/mol. The summed E-state index contributed by atoms with van der Waals surface area (Å²) in [5, 5.41) is 14.1. The average molecular weight is 396 g/mol. The van der Waals surface area contributed by atoms with E-state index in [2.05, 4.69) is 10.3 Å². The van der Waals surface area contributed by atoms with Gasteiger partial charge in [0.15, 0.2) is 4.96 Å². The van der Waals surface area contributed by atoms with E-state index in [0.717, 1.165) is 19.3 Å².